The standard InChI is InChI=1S/C13H15N3O4/c14-12(19)10-8-20-7-6-16(10)13-9(2-1-5-15-13)3-4-11(17)18/h1-5,10H,6-8H2,(H2,14,19)(H,17,18)/b4-3+. The summed E-state index contributed by atoms with van der Waals surface area (Å²) in [6.45, 7) is 1.13. The molecule has 0 spiro atoms. The van der Waals surface area contributed by atoms with E-state index in [4.69, 9.17) is 15.6 Å². The minimum absolute atomic E-state index is 0.202. The highest BCUT2D eigenvalue weighted by Crippen LogP contribution is 2.22. The number of hydrogen-bond acceptors (Lipinski definition) is 5. The van der Waals surface area contributed by atoms with Crippen molar-refractivity contribution in [1.29, 1.82) is 0 Å². The average Bonchev–Trinajstić information content (AvgIpc) is 2.45. The monoisotopic (exact) mass is 277 g/mol. The van der Waals surface area contributed by atoms with Gasteiger partial charge in [-0.2, -0.15) is 0 Å². The maximum absolute atomic E-state index is 11.5. The van der Waals surface area contributed by atoms with Crippen LogP contribution >= 0.6 is 0 Å². The fourth-order valence-corrected chi connectivity index (χ4v) is 2.03. The van der Waals surface area contributed by atoms with Gasteiger partial charge < -0.3 is 20.5 Å². The smallest absolute Gasteiger partial charge is 0.328 e. The molecule has 0 radical (unpaired) electrons. The molecule has 0 bridgehead atoms. The van der Waals surface area contributed by atoms with Crippen LogP contribution in [0, 0.1) is 0 Å². The minimum atomic E-state index is -1.05. The zero-order valence-corrected chi connectivity index (χ0v) is 10.7. The normalized spacial score (nSPS) is 19.2. The molecule has 0 aromatic carbocycles. The lowest BCUT2D eigenvalue weighted by atomic mass is 10.1. The van der Waals surface area contributed by atoms with Gasteiger partial charge in [0.2, 0.25) is 5.91 Å². The molecule has 1 unspecified atom stereocenters. The number of nitrogens with zero attached hydrogens (tertiary/aromatic N) is 2. The van der Waals surface area contributed by atoms with Crippen LogP contribution in [0.15, 0.2) is 24.4 Å². The van der Waals surface area contributed by atoms with Crippen molar-refractivity contribution < 1.29 is 19.4 Å². The quantitative estimate of drug-likeness (QED) is 0.743. The van der Waals surface area contributed by atoms with E-state index in [9.17, 15) is 9.59 Å². The second kappa shape index (κ2) is 6.16. The first kappa shape index (κ1) is 14.0. The van der Waals surface area contributed by atoms with Gasteiger partial charge in [0.15, 0.2) is 0 Å². The Morgan fingerprint density at radius 2 is 2.35 bits per heavy atom. The van der Waals surface area contributed by atoms with Crippen LogP contribution in [-0.4, -0.2) is 47.8 Å². The Kier molecular flexibility index (Phi) is 4.31. The summed E-state index contributed by atoms with van der Waals surface area (Å²) in [5.74, 6) is -1.02. The fourth-order valence-electron chi connectivity index (χ4n) is 2.03. The first-order valence-electron chi connectivity index (χ1n) is 6.09. The Morgan fingerprint density at radius 3 is 3.05 bits per heavy atom. The third-order valence-electron chi connectivity index (χ3n) is 2.95. The van der Waals surface area contributed by atoms with Crippen molar-refractivity contribution in [3.63, 3.8) is 0 Å². The average molecular weight is 277 g/mol. The van der Waals surface area contributed by atoms with Gasteiger partial charge in [-0.3, -0.25) is 4.79 Å². The van der Waals surface area contributed by atoms with E-state index in [1.807, 2.05) is 0 Å². The van der Waals surface area contributed by atoms with Crippen LogP contribution in [0.3, 0.4) is 0 Å². The van der Waals surface area contributed by atoms with Crippen LogP contribution < -0.4 is 10.6 Å². The molecule has 1 atom stereocenters. The molecule has 1 saturated heterocycles. The molecular formula is C13H15N3O4. The number of amides is 1. The van der Waals surface area contributed by atoms with Crippen molar-refractivity contribution in [2.75, 3.05) is 24.7 Å². The molecule has 106 valence electrons. The Bertz CT molecular complexity index is 544. The van der Waals surface area contributed by atoms with Crippen molar-refractivity contribution >= 4 is 23.8 Å². The Labute approximate surface area is 115 Å². The summed E-state index contributed by atoms with van der Waals surface area (Å²) in [4.78, 5) is 28.1. The van der Waals surface area contributed by atoms with Crippen molar-refractivity contribution in [1.82, 2.24) is 4.98 Å². The number of pyridine rings is 1. The van der Waals surface area contributed by atoms with Crippen LogP contribution in [0.1, 0.15) is 5.56 Å². The number of aliphatic carboxylic acids is 1. The van der Waals surface area contributed by atoms with Gasteiger partial charge in [-0.05, 0) is 18.2 Å². The van der Waals surface area contributed by atoms with Crippen molar-refractivity contribution in [3.8, 4) is 0 Å². The van der Waals surface area contributed by atoms with Crippen LogP contribution in [0.4, 0.5) is 5.82 Å². The molecule has 3 N–H and O–H groups in total. The summed E-state index contributed by atoms with van der Waals surface area (Å²) in [7, 11) is 0. The van der Waals surface area contributed by atoms with Crippen molar-refractivity contribution in [2.24, 2.45) is 5.73 Å². The first-order valence-corrected chi connectivity index (χ1v) is 6.09. The van der Waals surface area contributed by atoms with E-state index in [0.717, 1.165) is 6.08 Å². The van der Waals surface area contributed by atoms with Crippen LogP contribution in [0.2, 0.25) is 0 Å². The minimum Gasteiger partial charge on any atom is -0.478 e. The summed E-state index contributed by atoms with van der Waals surface area (Å²) in [6, 6.07) is 2.83. The molecular weight excluding hydrogens is 262 g/mol. The predicted octanol–water partition coefficient (Wildman–Crippen LogP) is -0.130. The van der Waals surface area contributed by atoms with E-state index in [1.165, 1.54) is 6.08 Å². The van der Waals surface area contributed by atoms with Gasteiger partial charge in [-0.15, -0.1) is 0 Å². The van der Waals surface area contributed by atoms with Gasteiger partial charge in [-0.25, -0.2) is 9.78 Å². The number of anilines is 1. The van der Waals surface area contributed by atoms with Gasteiger partial charge in [0.05, 0.1) is 13.2 Å². The van der Waals surface area contributed by atoms with E-state index in [2.05, 4.69) is 4.98 Å². The van der Waals surface area contributed by atoms with Crippen molar-refractivity contribution in [3.05, 3.63) is 30.0 Å². The number of aromatic nitrogens is 1. The van der Waals surface area contributed by atoms with Gasteiger partial charge in [0.25, 0.3) is 0 Å². The molecule has 1 aliphatic heterocycles. The number of carbonyl (C=O) groups excluding carboxylic acids is 1. The molecule has 7 nitrogen and oxygen atoms in total. The number of hydrogen-bond donors (Lipinski definition) is 2. The van der Waals surface area contributed by atoms with E-state index in [1.54, 1.807) is 23.2 Å². The molecule has 1 aromatic rings. The maximum Gasteiger partial charge on any atom is 0.328 e. The van der Waals surface area contributed by atoms with E-state index < -0.39 is 17.9 Å². The van der Waals surface area contributed by atoms with Gasteiger partial charge in [0, 0.05) is 24.4 Å². The summed E-state index contributed by atoms with van der Waals surface area (Å²) in [6.07, 6.45) is 4.05. The van der Waals surface area contributed by atoms with E-state index in [0.29, 0.717) is 24.5 Å². The number of carboxylic acids is 1. The highest BCUT2D eigenvalue weighted by atomic mass is 16.5. The first-order chi connectivity index (χ1) is 9.59. The number of morpholine rings is 1. The number of primary amides is 1. The Morgan fingerprint density at radius 1 is 1.55 bits per heavy atom. The maximum atomic E-state index is 11.5. The highest BCUT2D eigenvalue weighted by Gasteiger charge is 2.29. The van der Waals surface area contributed by atoms with Gasteiger partial charge >= 0.3 is 5.97 Å². The molecule has 7 heteroatoms. The topological polar surface area (TPSA) is 106 Å². The number of rotatable bonds is 4. The van der Waals surface area contributed by atoms with Gasteiger partial charge in [0.1, 0.15) is 11.9 Å². The summed E-state index contributed by atoms with van der Waals surface area (Å²) in [5, 5.41) is 8.70. The Balaban J connectivity index is 2.35. The zero-order valence-electron chi connectivity index (χ0n) is 10.7. The molecule has 1 aliphatic rings. The van der Waals surface area contributed by atoms with Crippen molar-refractivity contribution in [2.45, 2.75) is 6.04 Å². The fraction of sp³-hybridized carbons (Fsp3) is 0.308. The van der Waals surface area contributed by atoms with Crippen LogP contribution in [-0.2, 0) is 14.3 Å². The number of carboxylic acid groups (broad SMARTS) is 1. The molecule has 1 fully saturated rings. The lowest BCUT2D eigenvalue weighted by molar-refractivity contribution is -0.131. The third kappa shape index (κ3) is 3.12. The molecule has 2 heterocycles. The van der Waals surface area contributed by atoms with Gasteiger partial charge in [-0.1, -0.05) is 0 Å². The molecule has 20 heavy (non-hydrogen) atoms. The molecule has 1 amide bonds. The van der Waals surface area contributed by atoms with Crippen LogP contribution in [0.25, 0.3) is 6.08 Å². The molecule has 2 rings (SSSR count). The van der Waals surface area contributed by atoms with Crippen LogP contribution in [0.5, 0.6) is 0 Å². The number of carbonyl (C=O) groups is 2. The second-order valence-corrected chi connectivity index (χ2v) is 4.27. The predicted molar refractivity (Wildman–Crippen MR) is 72.1 cm³/mol. The highest BCUT2D eigenvalue weighted by molar-refractivity contribution is 5.88. The second-order valence-electron chi connectivity index (χ2n) is 4.27. The number of nitrogens with two attached hydrogens (primary N) is 1. The lowest BCUT2D eigenvalue weighted by Crippen LogP contribution is -2.53. The Hall–Kier alpha value is -2.41. The third-order valence-corrected chi connectivity index (χ3v) is 2.95. The zero-order chi connectivity index (χ0) is 14.5. The van der Waals surface area contributed by atoms with E-state index in [-0.39, 0.29) is 6.61 Å². The summed E-state index contributed by atoms with van der Waals surface area (Å²) < 4.78 is 5.25. The molecule has 1 aromatic heterocycles. The number of ether oxygens (including phenoxy) is 1. The summed E-state index contributed by atoms with van der Waals surface area (Å²) >= 11 is 0. The SMILES string of the molecule is NC(=O)C1COCCN1c1ncccc1/C=C/C(=O)O. The van der Waals surface area contributed by atoms with E-state index >= 15 is 0 Å². The molecule has 0 saturated carbocycles. The lowest BCUT2D eigenvalue weighted by Gasteiger charge is -2.35. The molecule has 0 aliphatic carbocycles. The summed E-state index contributed by atoms with van der Waals surface area (Å²) in [5.41, 5.74) is 5.98. The largest absolute Gasteiger partial charge is 0.478 e.